The molecule has 6 heteroatoms. The monoisotopic (exact) mass is 470 g/mol. The fourth-order valence-electron chi connectivity index (χ4n) is 2.50. The molecule has 0 saturated carbocycles. The number of allylic oxidation sites excluding steroid dienone is 1. The normalized spacial score (nSPS) is 10.7. The first-order chi connectivity index (χ1) is 14.0. The second-order valence-electron chi connectivity index (χ2n) is 6.01. The first-order valence-corrected chi connectivity index (χ1v) is 9.77. The highest BCUT2D eigenvalue weighted by Gasteiger charge is 2.13. The van der Waals surface area contributed by atoms with Gasteiger partial charge in [-0.15, -0.1) is 0 Å². The number of hydrogen-bond donors (Lipinski definition) is 0. The Hall–Kier alpha value is -2.89. The minimum atomic E-state index is -0.520. The van der Waals surface area contributed by atoms with Gasteiger partial charge in [0.25, 0.3) is 0 Å². The van der Waals surface area contributed by atoms with E-state index < -0.39 is 5.97 Å². The third-order valence-corrected chi connectivity index (χ3v) is 4.81. The smallest absolute Gasteiger partial charge is 0.343 e. The lowest BCUT2D eigenvalue weighted by molar-refractivity contribution is 0.0729. The molecule has 0 unspecified atom stereocenters. The summed E-state index contributed by atoms with van der Waals surface area (Å²) < 4.78 is 11.7. The van der Waals surface area contributed by atoms with Gasteiger partial charge >= 0.3 is 5.97 Å². The van der Waals surface area contributed by atoms with Crippen molar-refractivity contribution in [2.75, 3.05) is 7.11 Å². The van der Waals surface area contributed by atoms with Gasteiger partial charge in [-0.05, 0) is 72.3 Å². The van der Waals surface area contributed by atoms with E-state index >= 15 is 0 Å². The second-order valence-corrected chi connectivity index (χ2v) is 7.36. The Morgan fingerprint density at radius 2 is 1.55 bits per heavy atom. The number of methoxy groups -OCH3 is 1. The van der Waals surface area contributed by atoms with Crippen LogP contribution in [0.5, 0.6) is 11.5 Å². The molecule has 0 aliphatic carbocycles. The maximum absolute atomic E-state index is 12.3. The van der Waals surface area contributed by atoms with Crippen molar-refractivity contribution < 1.29 is 19.1 Å². The van der Waals surface area contributed by atoms with Crippen molar-refractivity contribution in [1.82, 2.24) is 0 Å². The van der Waals surface area contributed by atoms with Crippen LogP contribution in [0.15, 0.2) is 77.3 Å². The van der Waals surface area contributed by atoms with Gasteiger partial charge in [0, 0.05) is 15.1 Å². The zero-order valence-electron chi connectivity index (χ0n) is 15.4. The van der Waals surface area contributed by atoms with E-state index in [9.17, 15) is 9.59 Å². The van der Waals surface area contributed by atoms with Crippen molar-refractivity contribution in [2.24, 2.45) is 0 Å². The van der Waals surface area contributed by atoms with Crippen molar-refractivity contribution in [3.63, 3.8) is 0 Å². The van der Waals surface area contributed by atoms with E-state index in [4.69, 9.17) is 21.1 Å². The molecule has 3 aromatic rings. The van der Waals surface area contributed by atoms with Gasteiger partial charge in [0.1, 0.15) is 0 Å². The molecule has 0 atom stereocenters. The molecule has 4 nitrogen and oxygen atoms in total. The number of rotatable bonds is 6. The molecule has 3 rings (SSSR count). The summed E-state index contributed by atoms with van der Waals surface area (Å²) >= 11 is 9.18. The minimum absolute atomic E-state index is 0.116. The molecule has 0 radical (unpaired) electrons. The SMILES string of the molecule is COc1cc(C=CC(=O)c2ccc(Br)cc2)ccc1OC(=O)c1ccc(Cl)cc1. The van der Waals surface area contributed by atoms with Crippen LogP contribution in [0.25, 0.3) is 6.08 Å². The van der Waals surface area contributed by atoms with E-state index in [1.165, 1.54) is 13.2 Å². The number of carbonyl (C=O) groups excluding carboxylic acids is 2. The summed E-state index contributed by atoms with van der Waals surface area (Å²) in [5.41, 5.74) is 1.70. The van der Waals surface area contributed by atoms with Gasteiger partial charge in [-0.2, -0.15) is 0 Å². The Morgan fingerprint density at radius 3 is 2.21 bits per heavy atom. The molecule has 3 aromatic carbocycles. The molecule has 0 aliphatic heterocycles. The van der Waals surface area contributed by atoms with E-state index in [0.717, 1.165) is 10.0 Å². The number of esters is 1. The Labute approximate surface area is 181 Å². The largest absolute Gasteiger partial charge is 0.493 e. The summed E-state index contributed by atoms with van der Waals surface area (Å²) in [6.45, 7) is 0. The quantitative estimate of drug-likeness (QED) is 0.185. The van der Waals surface area contributed by atoms with Crippen LogP contribution < -0.4 is 9.47 Å². The molecule has 29 heavy (non-hydrogen) atoms. The maximum Gasteiger partial charge on any atom is 0.343 e. The van der Waals surface area contributed by atoms with Crippen LogP contribution in [0.4, 0.5) is 0 Å². The Bertz CT molecular complexity index is 1060. The van der Waals surface area contributed by atoms with Gasteiger partial charge in [0.2, 0.25) is 0 Å². The predicted octanol–water partition coefficient (Wildman–Crippen LogP) is 6.23. The summed E-state index contributed by atoms with van der Waals surface area (Å²) in [7, 11) is 1.48. The fourth-order valence-corrected chi connectivity index (χ4v) is 2.89. The van der Waals surface area contributed by atoms with Crippen molar-refractivity contribution in [1.29, 1.82) is 0 Å². The molecule has 0 spiro atoms. The van der Waals surface area contributed by atoms with Gasteiger partial charge in [-0.3, -0.25) is 4.79 Å². The van der Waals surface area contributed by atoms with Crippen LogP contribution in [-0.4, -0.2) is 18.9 Å². The van der Waals surface area contributed by atoms with E-state index in [0.29, 0.717) is 21.9 Å². The van der Waals surface area contributed by atoms with E-state index in [2.05, 4.69) is 15.9 Å². The van der Waals surface area contributed by atoms with Gasteiger partial charge in [0.05, 0.1) is 12.7 Å². The zero-order valence-corrected chi connectivity index (χ0v) is 17.7. The van der Waals surface area contributed by atoms with Gasteiger partial charge in [-0.25, -0.2) is 4.79 Å². The molecule has 0 bridgehead atoms. The summed E-state index contributed by atoms with van der Waals surface area (Å²) in [5, 5.41) is 0.535. The lowest BCUT2D eigenvalue weighted by atomic mass is 10.1. The molecule has 0 amide bonds. The number of benzene rings is 3. The van der Waals surface area contributed by atoms with E-state index in [1.807, 2.05) is 12.1 Å². The van der Waals surface area contributed by atoms with Crippen LogP contribution in [0.1, 0.15) is 26.3 Å². The first kappa shape index (κ1) is 20.8. The molecular formula is C23H16BrClO4. The number of ether oxygens (including phenoxy) is 2. The molecule has 146 valence electrons. The van der Waals surface area contributed by atoms with Crippen molar-refractivity contribution in [2.45, 2.75) is 0 Å². The van der Waals surface area contributed by atoms with Crippen LogP contribution in [0, 0.1) is 0 Å². The number of halogens is 2. The zero-order chi connectivity index (χ0) is 20.8. The van der Waals surface area contributed by atoms with E-state index in [-0.39, 0.29) is 11.5 Å². The van der Waals surface area contributed by atoms with Crippen LogP contribution >= 0.6 is 27.5 Å². The average Bonchev–Trinajstić information content (AvgIpc) is 2.73. The van der Waals surface area contributed by atoms with Crippen LogP contribution in [-0.2, 0) is 0 Å². The topological polar surface area (TPSA) is 52.6 Å². The van der Waals surface area contributed by atoms with Crippen molar-refractivity contribution in [3.8, 4) is 11.5 Å². The van der Waals surface area contributed by atoms with Crippen molar-refractivity contribution in [3.05, 3.63) is 99.0 Å². The molecule has 0 saturated heterocycles. The first-order valence-electron chi connectivity index (χ1n) is 8.60. The molecule has 0 N–H and O–H groups in total. The lowest BCUT2D eigenvalue weighted by Gasteiger charge is -2.10. The highest BCUT2D eigenvalue weighted by atomic mass is 79.9. The van der Waals surface area contributed by atoms with Gasteiger partial charge in [-0.1, -0.05) is 39.7 Å². The minimum Gasteiger partial charge on any atom is -0.493 e. The average molecular weight is 472 g/mol. The lowest BCUT2D eigenvalue weighted by Crippen LogP contribution is -2.09. The summed E-state index contributed by atoms with van der Waals surface area (Å²) in [5.74, 6) is 0.0257. The molecule has 0 fully saturated rings. The molecule has 0 aromatic heterocycles. The van der Waals surface area contributed by atoms with Crippen LogP contribution in [0.2, 0.25) is 5.02 Å². The van der Waals surface area contributed by atoms with E-state index in [1.54, 1.807) is 60.7 Å². The van der Waals surface area contributed by atoms with Gasteiger partial charge in [0.15, 0.2) is 17.3 Å². The maximum atomic E-state index is 12.3. The summed E-state index contributed by atoms with van der Waals surface area (Å²) in [6.07, 6.45) is 3.16. The number of ketones is 1. The molecule has 0 heterocycles. The predicted molar refractivity (Wildman–Crippen MR) is 117 cm³/mol. The third kappa shape index (κ3) is 5.56. The third-order valence-electron chi connectivity index (χ3n) is 4.03. The van der Waals surface area contributed by atoms with Crippen LogP contribution in [0.3, 0.4) is 0 Å². The Balaban J connectivity index is 1.74. The highest BCUT2D eigenvalue weighted by molar-refractivity contribution is 9.10. The standard InChI is InChI=1S/C23H16BrClO4/c1-28-22-14-15(2-12-20(26)16-4-8-18(24)9-5-16)3-13-21(22)29-23(27)17-6-10-19(25)11-7-17/h2-14H,1H3. The number of carbonyl (C=O) groups is 2. The summed E-state index contributed by atoms with van der Waals surface area (Å²) in [6, 6.07) is 18.6. The van der Waals surface area contributed by atoms with Gasteiger partial charge < -0.3 is 9.47 Å². The Morgan fingerprint density at radius 1 is 0.897 bits per heavy atom. The summed E-state index contributed by atoms with van der Waals surface area (Å²) in [4.78, 5) is 24.6. The molecule has 0 aliphatic rings. The fraction of sp³-hybridized carbons (Fsp3) is 0.0435. The second kappa shape index (κ2) is 9.54. The van der Waals surface area contributed by atoms with Crippen molar-refractivity contribution >= 4 is 45.4 Å². The molecular weight excluding hydrogens is 456 g/mol. The number of hydrogen-bond acceptors (Lipinski definition) is 4. The Kier molecular flexibility index (Phi) is 6.86. The highest BCUT2D eigenvalue weighted by Crippen LogP contribution is 2.29.